The van der Waals surface area contributed by atoms with E-state index in [-0.39, 0.29) is 17.4 Å². The quantitative estimate of drug-likeness (QED) is 0.646. The fourth-order valence-electron chi connectivity index (χ4n) is 3.29. The van der Waals surface area contributed by atoms with E-state index in [0.29, 0.717) is 24.4 Å². The van der Waals surface area contributed by atoms with Crippen LogP contribution in [0.15, 0.2) is 18.2 Å². The summed E-state index contributed by atoms with van der Waals surface area (Å²) in [6, 6.07) is 5.01. The molecule has 23 heavy (non-hydrogen) atoms. The van der Waals surface area contributed by atoms with Crippen molar-refractivity contribution in [2.24, 2.45) is 5.41 Å². The molecular formula is C17H22N2O4. The van der Waals surface area contributed by atoms with Crippen molar-refractivity contribution in [2.45, 2.75) is 45.8 Å². The van der Waals surface area contributed by atoms with Gasteiger partial charge in [-0.3, -0.25) is 14.8 Å². The van der Waals surface area contributed by atoms with E-state index in [2.05, 4.69) is 0 Å². The maximum Gasteiger partial charge on any atom is 0.274 e. The Balaban J connectivity index is 1.86. The number of hydrogen-bond acceptors (Lipinski definition) is 4. The second kappa shape index (κ2) is 5.85. The average Bonchev–Trinajstić information content (AvgIpc) is 2.68. The maximum atomic E-state index is 12.8. The van der Waals surface area contributed by atoms with Gasteiger partial charge in [0.05, 0.1) is 6.54 Å². The maximum absolute atomic E-state index is 12.8. The summed E-state index contributed by atoms with van der Waals surface area (Å²) in [4.78, 5) is 26.2. The highest BCUT2D eigenvalue weighted by Crippen LogP contribution is 2.42. The Morgan fingerprint density at radius 2 is 2.13 bits per heavy atom. The Kier molecular flexibility index (Phi) is 4.02. The summed E-state index contributed by atoms with van der Waals surface area (Å²) >= 11 is 0. The summed E-state index contributed by atoms with van der Waals surface area (Å²) in [6.07, 6.45) is 2.84. The van der Waals surface area contributed by atoms with Gasteiger partial charge in [0.15, 0.2) is 0 Å². The first kappa shape index (κ1) is 15.8. The van der Waals surface area contributed by atoms with Crippen LogP contribution in [0.5, 0.6) is 5.75 Å². The van der Waals surface area contributed by atoms with Crippen molar-refractivity contribution in [3.8, 4) is 5.75 Å². The van der Waals surface area contributed by atoms with E-state index in [1.165, 1.54) is 0 Å². The molecule has 3 rings (SSSR count). The highest BCUT2D eigenvalue weighted by Gasteiger charge is 2.42. The van der Waals surface area contributed by atoms with Crippen LogP contribution in [0.3, 0.4) is 0 Å². The lowest BCUT2D eigenvalue weighted by Crippen LogP contribution is -2.47. The van der Waals surface area contributed by atoms with E-state index in [1.54, 1.807) is 23.7 Å². The van der Waals surface area contributed by atoms with Gasteiger partial charge in [-0.1, -0.05) is 19.4 Å². The molecule has 1 saturated carbocycles. The highest BCUT2D eigenvalue weighted by atomic mass is 16.5. The molecule has 1 aromatic carbocycles. The number of carbonyl (C=O) groups is 2. The number of ether oxygens (including phenoxy) is 1. The van der Waals surface area contributed by atoms with Crippen molar-refractivity contribution < 1.29 is 19.5 Å². The van der Waals surface area contributed by atoms with Gasteiger partial charge in [-0.05, 0) is 31.9 Å². The van der Waals surface area contributed by atoms with Gasteiger partial charge in [-0.15, -0.1) is 0 Å². The molecule has 1 aliphatic heterocycles. The SMILES string of the molecule is CC1CN(C(=O)C2(C)CCC2)Cc2ccc(C(=O)NO)cc2O1. The van der Waals surface area contributed by atoms with Crippen LogP contribution in [0.25, 0.3) is 0 Å². The summed E-state index contributed by atoms with van der Waals surface area (Å²) in [7, 11) is 0. The normalized spacial score (nSPS) is 22.2. The molecule has 1 aromatic rings. The molecule has 2 amide bonds. The van der Waals surface area contributed by atoms with E-state index in [1.807, 2.05) is 18.7 Å². The molecule has 1 aliphatic carbocycles. The predicted molar refractivity (Wildman–Crippen MR) is 83.2 cm³/mol. The van der Waals surface area contributed by atoms with Crippen LogP contribution in [-0.4, -0.2) is 34.6 Å². The topological polar surface area (TPSA) is 78.9 Å². The lowest BCUT2D eigenvalue weighted by Gasteiger charge is -2.40. The van der Waals surface area contributed by atoms with Crippen LogP contribution >= 0.6 is 0 Å². The lowest BCUT2D eigenvalue weighted by atomic mass is 9.69. The number of hydrogen-bond donors (Lipinski definition) is 2. The summed E-state index contributed by atoms with van der Waals surface area (Å²) in [5.41, 5.74) is 2.58. The summed E-state index contributed by atoms with van der Waals surface area (Å²) in [6.45, 7) is 4.96. The van der Waals surface area contributed by atoms with Crippen LogP contribution in [0.2, 0.25) is 0 Å². The molecule has 0 radical (unpaired) electrons. The number of nitrogens with zero attached hydrogens (tertiary/aromatic N) is 1. The molecule has 1 fully saturated rings. The molecular weight excluding hydrogens is 296 g/mol. The van der Waals surface area contributed by atoms with Gasteiger partial charge in [-0.25, -0.2) is 5.48 Å². The summed E-state index contributed by atoms with van der Waals surface area (Å²) < 4.78 is 5.88. The Morgan fingerprint density at radius 1 is 1.39 bits per heavy atom. The van der Waals surface area contributed by atoms with Gasteiger partial charge < -0.3 is 9.64 Å². The minimum atomic E-state index is -0.580. The van der Waals surface area contributed by atoms with Gasteiger partial charge >= 0.3 is 0 Å². The number of fused-ring (bicyclic) bond motifs is 1. The first-order valence-corrected chi connectivity index (χ1v) is 7.96. The van der Waals surface area contributed by atoms with E-state index in [0.717, 1.165) is 24.8 Å². The molecule has 0 bridgehead atoms. The zero-order chi connectivity index (χ0) is 16.6. The van der Waals surface area contributed by atoms with Crippen molar-refractivity contribution in [2.75, 3.05) is 6.54 Å². The highest BCUT2D eigenvalue weighted by molar-refractivity contribution is 5.93. The van der Waals surface area contributed by atoms with Crippen molar-refractivity contribution in [3.05, 3.63) is 29.3 Å². The molecule has 0 saturated heterocycles. The summed E-state index contributed by atoms with van der Waals surface area (Å²) in [5.74, 6) is 0.195. The molecule has 1 unspecified atom stereocenters. The molecule has 6 heteroatoms. The number of rotatable bonds is 2. The molecule has 0 spiro atoms. The van der Waals surface area contributed by atoms with Crippen molar-refractivity contribution in [1.82, 2.24) is 10.4 Å². The average molecular weight is 318 g/mol. The second-order valence-electron chi connectivity index (χ2n) is 6.79. The fraction of sp³-hybridized carbons (Fsp3) is 0.529. The number of nitrogens with one attached hydrogen (secondary N) is 1. The largest absolute Gasteiger partial charge is 0.488 e. The Morgan fingerprint density at radius 3 is 2.74 bits per heavy atom. The zero-order valence-corrected chi connectivity index (χ0v) is 13.5. The van der Waals surface area contributed by atoms with Crippen molar-refractivity contribution in [1.29, 1.82) is 0 Å². The van der Waals surface area contributed by atoms with Crippen LogP contribution < -0.4 is 10.2 Å². The first-order chi connectivity index (χ1) is 10.9. The molecule has 124 valence electrons. The minimum Gasteiger partial charge on any atom is -0.488 e. The molecule has 1 heterocycles. The monoisotopic (exact) mass is 318 g/mol. The molecule has 1 atom stereocenters. The number of benzene rings is 1. The van der Waals surface area contributed by atoms with Gasteiger partial charge in [-0.2, -0.15) is 0 Å². The molecule has 0 aromatic heterocycles. The van der Waals surface area contributed by atoms with Crippen molar-refractivity contribution in [3.63, 3.8) is 0 Å². The Hall–Kier alpha value is -2.08. The van der Waals surface area contributed by atoms with E-state index < -0.39 is 5.91 Å². The number of hydroxylamine groups is 1. The minimum absolute atomic E-state index is 0.156. The zero-order valence-electron chi connectivity index (χ0n) is 13.5. The predicted octanol–water partition coefficient (Wildman–Crippen LogP) is 2.11. The van der Waals surface area contributed by atoms with E-state index in [4.69, 9.17) is 9.94 Å². The lowest BCUT2D eigenvalue weighted by molar-refractivity contribution is -0.147. The van der Waals surface area contributed by atoms with Crippen LogP contribution in [-0.2, 0) is 11.3 Å². The standard InChI is InChI=1S/C17H22N2O4/c1-11-9-19(16(21)17(2)6-3-7-17)10-13-5-4-12(15(20)18-22)8-14(13)23-11/h4-5,8,11,22H,3,6-7,9-10H2,1-2H3,(H,18,20). The fourth-order valence-corrected chi connectivity index (χ4v) is 3.29. The Bertz CT molecular complexity index is 639. The third-order valence-electron chi connectivity index (χ3n) is 4.86. The molecule has 2 N–H and O–H groups in total. The van der Waals surface area contributed by atoms with Crippen LogP contribution in [0.4, 0.5) is 0 Å². The van der Waals surface area contributed by atoms with Crippen LogP contribution in [0.1, 0.15) is 49.0 Å². The third kappa shape index (κ3) is 2.91. The Labute approximate surface area is 135 Å². The number of amides is 2. The smallest absolute Gasteiger partial charge is 0.274 e. The van der Waals surface area contributed by atoms with Crippen molar-refractivity contribution >= 4 is 11.8 Å². The third-order valence-corrected chi connectivity index (χ3v) is 4.86. The van der Waals surface area contributed by atoms with Gasteiger partial charge in [0.2, 0.25) is 5.91 Å². The van der Waals surface area contributed by atoms with E-state index >= 15 is 0 Å². The number of carbonyl (C=O) groups excluding carboxylic acids is 2. The molecule has 2 aliphatic rings. The van der Waals surface area contributed by atoms with Gasteiger partial charge in [0, 0.05) is 23.1 Å². The van der Waals surface area contributed by atoms with E-state index in [9.17, 15) is 9.59 Å². The summed E-state index contributed by atoms with van der Waals surface area (Å²) in [5, 5.41) is 8.74. The van der Waals surface area contributed by atoms with Gasteiger partial charge in [0.25, 0.3) is 5.91 Å². The second-order valence-corrected chi connectivity index (χ2v) is 6.79. The van der Waals surface area contributed by atoms with Gasteiger partial charge in [0.1, 0.15) is 11.9 Å². The molecule has 6 nitrogen and oxygen atoms in total. The first-order valence-electron chi connectivity index (χ1n) is 7.96. The van der Waals surface area contributed by atoms with Crippen LogP contribution in [0, 0.1) is 5.41 Å².